The molecule has 1 atom stereocenters. The van der Waals surface area contributed by atoms with Crippen LogP contribution in [0.1, 0.15) is 18.9 Å². The second kappa shape index (κ2) is 12.8. The van der Waals surface area contributed by atoms with Crippen LogP contribution in [0.5, 0.6) is 0 Å². The largest absolute Gasteiger partial charge is 0.292 e. The van der Waals surface area contributed by atoms with Gasteiger partial charge in [-0.05, 0) is 114 Å². The number of hydrogen-bond acceptors (Lipinski definition) is 1. The number of para-hydroxylation sites is 3. The minimum absolute atomic E-state index is 0.0270. The van der Waals surface area contributed by atoms with E-state index in [1.165, 1.54) is 71.3 Å². The van der Waals surface area contributed by atoms with E-state index in [4.69, 9.17) is 4.98 Å². The summed E-state index contributed by atoms with van der Waals surface area (Å²) < 4.78 is 2.26. The van der Waals surface area contributed by atoms with Crippen LogP contribution in [-0.4, -0.2) is 9.55 Å². The van der Waals surface area contributed by atoms with Crippen molar-refractivity contribution in [1.29, 1.82) is 0 Å². The average molecular weight is 715 g/mol. The Morgan fingerprint density at radius 2 is 1.21 bits per heavy atom. The van der Waals surface area contributed by atoms with E-state index < -0.39 is 0 Å². The van der Waals surface area contributed by atoms with Crippen LogP contribution in [-0.2, 0) is 0 Å². The Labute approximate surface area is 326 Å². The molecule has 0 bridgehead atoms. The lowest BCUT2D eigenvalue weighted by molar-refractivity contribution is 0.528. The van der Waals surface area contributed by atoms with Gasteiger partial charge in [-0.2, -0.15) is 0 Å². The molecule has 11 rings (SSSR count). The van der Waals surface area contributed by atoms with Crippen LogP contribution in [0.15, 0.2) is 206 Å². The second-order valence-electron chi connectivity index (χ2n) is 15.4. The van der Waals surface area contributed by atoms with E-state index in [-0.39, 0.29) is 5.41 Å². The van der Waals surface area contributed by atoms with Gasteiger partial charge in [-0.3, -0.25) is 4.57 Å². The molecule has 0 spiro atoms. The minimum atomic E-state index is 0.0270. The predicted octanol–water partition coefficient (Wildman–Crippen LogP) is 14.3. The van der Waals surface area contributed by atoms with Crippen LogP contribution < -0.4 is 0 Å². The number of hydrogen-bond donors (Lipinski definition) is 0. The summed E-state index contributed by atoms with van der Waals surface area (Å²) in [6.45, 7) is 2.35. The SMILES string of the molecule is CC12C=CC=CC1=CC(c1c3ccccc3c(-c3ccc4ccccc4c3)c3cc(-c4ccc(-c5nc6ccccc6n5-c5ccccc5)cc4)ccc13)=CC2. The molecular formula is C54H38N2. The van der Waals surface area contributed by atoms with Crippen molar-refractivity contribution in [3.05, 3.63) is 211 Å². The van der Waals surface area contributed by atoms with Crippen LogP contribution in [0.3, 0.4) is 0 Å². The van der Waals surface area contributed by atoms with E-state index in [2.05, 4.69) is 212 Å². The molecule has 9 aromatic rings. The van der Waals surface area contributed by atoms with Gasteiger partial charge >= 0.3 is 0 Å². The number of aromatic nitrogens is 2. The van der Waals surface area contributed by atoms with E-state index in [0.29, 0.717) is 0 Å². The van der Waals surface area contributed by atoms with Gasteiger partial charge in [0.2, 0.25) is 0 Å². The van der Waals surface area contributed by atoms with Crippen LogP contribution in [0, 0.1) is 5.41 Å². The fourth-order valence-electron chi connectivity index (χ4n) is 9.03. The third-order valence-electron chi connectivity index (χ3n) is 12.0. The molecule has 0 saturated heterocycles. The summed E-state index contributed by atoms with van der Waals surface area (Å²) in [6.07, 6.45) is 14.9. The lowest BCUT2D eigenvalue weighted by Gasteiger charge is -2.33. The molecular weight excluding hydrogens is 677 g/mol. The number of nitrogens with zero attached hydrogens (tertiary/aromatic N) is 2. The highest BCUT2D eigenvalue weighted by Crippen LogP contribution is 2.48. The van der Waals surface area contributed by atoms with Gasteiger partial charge in [-0.15, -0.1) is 0 Å². The molecule has 0 fully saturated rings. The quantitative estimate of drug-likeness (QED) is 0.162. The van der Waals surface area contributed by atoms with Crippen molar-refractivity contribution in [3.63, 3.8) is 0 Å². The first-order valence-electron chi connectivity index (χ1n) is 19.5. The van der Waals surface area contributed by atoms with Crippen molar-refractivity contribution >= 4 is 48.9 Å². The number of rotatable bonds is 5. The summed E-state index contributed by atoms with van der Waals surface area (Å²) in [5.41, 5.74) is 13.1. The highest BCUT2D eigenvalue weighted by Gasteiger charge is 2.29. The van der Waals surface area contributed by atoms with Gasteiger partial charge in [0, 0.05) is 16.7 Å². The molecule has 2 aliphatic carbocycles. The smallest absolute Gasteiger partial charge is 0.145 e. The van der Waals surface area contributed by atoms with Gasteiger partial charge in [0.05, 0.1) is 11.0 Å². The maximum absolute atomic E-state index is 5.13. The zero-order valence-corrected chi connectivity index (χ0v) is 31.2. The van der Waals surface area contributed by atoms with Crippen molar-refractivity contribution < 1.29 is 0 Å². The Balaban J connectivity index is 1.11. The van der Waals surface area contributed by atoms with Crippen LogP contribution in [0.4, 0.5) is 0 Å². The van der Waals surface area contributed by atoms with Crippen LogP contribution in [0.25, 0.3) is 88.3 Å². The van der Waals surface area contributed by atoms with Crippen molar-refractivity contribution in [2.45, 2.75) is 13.3 Å². The lowest BCUT2D eigenvalue weighted by Crippen LogP contribution is -2.19. The Kier molecular flexibility index (Phi) is 7.40. The van der Waals surface area contributed by atoms with Gasteiger partial charge in [-0.25, -0.2) is 4.98 Å². The maximum atomic E-state index is 5.13. The summed E-state index contributed by atoms with van der Waals surface area (Å²) in [7, 11) is 0. The predicted molar refractivity (Wildman–Crippen MR) is 237 cm³/mol. The van der Waals surface area contributed by atoms with Crippen LogP contribution in [0.2, 0.25) is 0 Å². The Bertz CT molecular complexity index is 3150. The third kappa shape index (κ3) is 5.21. The Morgan fingerprint density at radius 1 is 0.536 bits per heavy atom. The van der Waals surface area contributed by atoms with Crippen molar-refractivity contribution in [2.75, 3.05) is 0 Å². The fraction of sp³-hybridized carbons (Fsp3) is 0.0556. The molecule has 2 aliphatic rings. The number of fused-ring (bicyclic) bond motifs is 5. The number of imidazole rings is 1. The van der Waals surface area contributed by atoms with E-state index in [0.717, 1.165) is 34.5 Å². The van der Waals surface area contributed by atoms with Gasteiger partial charge in [-0.1, -0.05) is 171 Å². The zero-order chi connectivity index (χ0) is 37.2. The minimum Gasteiger partial charge on any atom is -0.292 e. The van der Waals surface area contributed by atoms with E-state index in [1.54, 1.807) is 0 Å². The summed E-state index contributed by atoms with van der Waals surface area (Å²) in [5, 5.41) is 7.57. The van der Waals surface area contributed by atoms with Crippen molar-refractivity contribution in [3.8, 4) is 39.3 Å². The van der Waals surface area contributed by atoms with E-state index >= 15 is 0 Å². The average Bonchev–Trinajstić information content (AvgIpc) is 3.65. The summed E-state index contributed by atoms with van der Waals surface area (Å²) >= 11 is 0. The molecule has 0 amide bonds. The van der Waals surface area contributed by atoms with Gasteiger partial charge < -0.3 is 0 Å². The molecule has 0 N–H and O–H groups in total. The monoisotopic (exact) mass is 714 g/mol. The Morgan fingerprint density at radius 3 is 2.07 bits per heavy atom. The zero-order valence-electron chi connectivity index (χ0n) is 31.2. The molecule has 8 aromatic carbocycles. The molecule has 0 radical (unpaired) electrons. The molecule has 0 saturated carbocycles. The van der Waals surface area contributed by atoms with Crippen LogP contribution >= 0.6 is 0 Å². The van der Waals surface area contributed by atoms with E-state index in [1.807, 2.05) is 0 Å². The first-order valence-corrected chi connectivity index (χ1v) is 19.5. The van der Waals surface area contributed by atoms with E-state index in [9.17, 15) is 0 Å². The Hall–Kier alpha value is -7.03. The molecule has 2 heteroatoms. The standard InChI is InChI=1S/C54H38N2/c1-54-31-12-11-15-43(54)34-42(30-32-54)51-45-18-7-8-19-46(45)52(41-27-24-36-13-5-6-14-39(36)33-41)48-35-40(28-29-47(48)51)37-22-25-38(26-23-37)53-55-49-20-9-10-21-50(49)56(53)44-16-3-2-4-17-44/h2-31,33-35H,32H2,1H3. The fourth-order valence-corrected chi connectivity index (χ4v) is 9.03. The second-order valence-corrected chi connectivity index (χ2v) is 15.4. The topological polar surface area (TPSA) is 17.8 Å². The molecule has 1 aromatic heterocycles. The molecule has 0 aliphatic heterocycles. The first-order chi connectivity index (χ1) is 27.6. The maximum Gasteiger partial charge on any atom is 0.145 e. The van der Waals surface area contributed by atoms with Crippen molar-refractivity contribution in [1.82, 2.24) is 9.55 Å². The van der Waals surface area contributed by atoms with Gasteiger partial charge in [0.1, 0.15) is 5.82 Å². The highest BCUT2D eigenvalue weighted by molar-refractivity contribution is 6.20. The number of benzene rings is 8. The summed E-state index contributed by atoms with van der Waals surface area (Å²) in [4.78, 5) is 5.13. The lowest BCUT2D eigenvalue weighted by atomic mass is 9.71. The first kappa shape index (κ1) is 32.4. The normalized spacial score (nSPS) is 16.4. The van der Waals surface area contributed by atoms with Gasteiger partial charge in [0.15, 0.2) is 0 Å². The van der Waals surface area contributed by atoms with Gasteiger partial charge in [0.25, 0.3) is 0 Å². The molecule has 56 heavy (non-hydrogen) atoms. The molecule has 2 nitrogen and oxygen atoms in total. The molecule has 1 heterocycles. The molecule has 264 valence electrons. The van der Waals surface area contributed by atoms with Crippen molar-refractivity contribution in [2.24, 2.45) is 5.41 Å². The highest BCUT2D eigenvalue weighted by atomic mass is 15.1. The summed E-state index contributed by atoms with van der Waals surface area (Å²) in [5.74, 6) is 0.937. The molecule has 1 unspecified atom stereocenters. The summed E-state index contributed by atoms with van der Waals surface area (Å²) in [6, 6.07) is 59.5. The third-order valence-corrected chi connectivity index (χ3v) is 12.0. The number of allylic oxidation sites excluding steroid dienone is 8.